The van der Waals surface area contributed by atoms with Crippen molar-refractivity contribution in [2.45, 2.75) is 76.3 Å². The lowest BCUT2D eigenvalue weighted by atomic mass is 9.93. The van der Waals surface area contributed by atoms with Crippen molar-refractivity contribution < 1.29 is 19.4 Å². The SMILES string of the molecule is CC(C)NC(=O)OC1COC(c2cnc(NC3CCCC[C@H]3O)nc2)C1. The quantitative estimate of drug-likeness (QED) is 0.735. The summed E-state index contributed by atoms with van der Waals surface area (Å²) in [6.45, 7) is 4.13. The van der Waals surface area contributed by atoms with Crippen molar-refractivity contribution >= 4 is 12.0 Å². The van der Waals surface area contributed by atoms with Gasteiger partial charge in [0.15, 0.2) is 0 Å². The van der Waals surface area contributed by atoms with Gasteiger partial charge in [0.25, 0.3) is 0 Å². The van der Waals surface area contributed by atoms with Crippen molar-refractivity contribution in [3.8, 4) is 0 Å². The number of carbonyl (C=O) groups excluding carboxylic acids is 1. The lowest BCUT2D eigenvalue weighted by Gasteiger charge is -2.28. The molecule has 8 heteroatoms. The molecular formula is C18H28N4O4. The molecule has 1 saturated heterocycles. The number of nitrogens with zero attached hydrogens (tertiary/aromatic N) is 2. The Morgan fingerprint density at radius 1 is 1.31 bits per heavy atom. The number of aliphatic hydroxyl groups excluding tert-OH is 1. The van der Waals surface area contributed by atoms with E-state index in [1.54, 1.807) is 12.4 Å². The summed E-state index contributed by atoms with van der Waals surface area (Å²) >= 11 is 0. The zero-order valence-corrected chi connectivity index (χ0v) is 15.4. The van der Waals surface area contributed by atoms with E-state index < -0.39 is 6.09 Å². The molecule has 3 unspecified atom stereocenters. The van der Waals surface area contributed by atoms with Crippen LogP contribution in [0.4, 0.5) is 10.7 Å². The molecule has 2 aliphatic rings. The number of carbonyl (C=O) groups is 1. The van der Waals surface area contributed by atoms with E-state index >= 15 is 0 Å². The van der Waals surface area contributed by atoms with Crippen molar-refractivity contribution in [1.29, 1.82) is 0 Å². The fourth-order valence-electron chi connectivity index (χ4n) is 3.36. The number of nitrogens with one attached hydrogen (secondary N) is 2. The lowest BCUT2D eigenvalue weighted by molar-refractivity contribution is 0.0690. The second-order valence-electron chi connectivity index (χ2n) is 7.33. The van der Waals surface area contributed by atoms with E-state index in [2.05, 4.69) is 20.6 Å². The topological polar surface area (TPSA) is 106 Å². The van der Waals surface area contributed by atoms with Crippen LogP contribution in [0, 0.1) is 0 Å². The number of alkyl carbamates (subject to hydrolysis) is 1. The lowest BCUT2D eigenvalue weighted by Crippen LogP contribution is -2.36. The molecule has 1 amide bonds. The molecule has 1 saturated carbocycles. The van der Waals surface area contributed by atoms with E-state index in [4.69, 9.17) is 9.47 Å². The third-order valence-electron chi connectivity index (χ3n) is 4.73. The Hall–Kier alpha value is -1.93. The maximum absolute atomic E-state index is 11.7. The molecule has 26 heavy (non-hydrogen) atoms. The minimum absolute atomic E-state index is 0.00887. The van der Waals surface area contributed by atoms with Crippen LogP contribution in [0.15, 0.2) is 12.4 Å². The molecule has 1 aromatic rings. The largest absolute Gasteiger partial charge is 0.444 e. The van der Waals surface area contributed by atoms with E-state index in [-0.39, 0.29) is 30.4 Å². The fraction of sp³-hybridized carbons (Fsp3) is 0.722. The maximum atomic E-state index is 11.7. The van der Waals surface area contributed by atoms with Crippen LogP contribution in [0.25, 0.3) is 0 Å². The summed E-state index contributed by atoms with van der Waals surface area (Å²) in [4.78, 5) is 20.4. The Kier molecular flexibility index (Phi) is 6.26. The Labute approximate surface area is 153 Å². The van der Waals surface area contributed by atoms with Gasteiger partial charge < -0.3 is 25.2 Å². The van der Waals surface area contributed by atoms with Gasteiger partial charge in [-0.1, -0.05) is 12.8 Å². The van der Waals surface area contributed by atoms with Crippen LogP contribution >= 0.6 is 0 Å². The summed E-state index contributed by atoms with van der Waals surface area (Å²) in [7, 11) is 0. The Morgan fingerprint density at radius 2 is 2.04 bits per heavy atom. The maximum Gasteiger partial charge on any atom is 0.407 e. The van der Waals surface area contributed by atoms with Gasteiger partial charge >= 0.3 is 6.09 Å². The number of anilines is 1. The molecular weight excluding hydrogens is 336 g/mol. The fourth-order valence-corrected chi connectivity index (χ4v) is 3.36. The smallest absolute Gasteiger partial charge is 0.407 e. The average Bonchev–Trinajstić information content (AvgIpc) is 3.05. The van der Waals surface area contributed by atoms with Crippen LogP contribution in [0.3, 0.4) is 0 Å². The summed E-state index contributed by atoms with van der Waals surface area (Å²) in [6, 6.07) is 0.0475. The van der Waals surface area contributed by atoms with Crippen LogP contribution < -0.4 is 10.6 Å². The molecule has 0 spiro atoms. The van der Waals surface area contributed by atoms with Crippen molar-refractivity contribution in [3.05, 3.63) is 18.0 Å². The van der Waals surface area contributed by atoms with Gasteiger partial charge in [0, 0.05) is 30.4 Å². The van der Waals surface area contributed by atoms with Gasteiger partial charge in [-0.15, -0.1) is 0 Å². The van der Waals surface area contributed by atoms with Gasteiger partial charge in [0.1, 0.15) is 6.10 Å². The molecule has 0 radical (unpaired) electrons. The van der Waals surface area contributed by atoms with Crippen LogP contribution in [-0.4, -0.2) is 52.1 Å². The first kappa shape index (κ1) is 18.8. The second kappa shape index (κ2) is 8.64. The Morgan fingerprint density at radius 3 is 2.73 bits per heavy atom. The Bertz CT molecular complexity index is 595. The predicted molar refractivity (Wildman–Crippen MR) is 95.8 cm³/mol. The van der Waals surface area contributed by atoms with Gasteiger partial charge in [-0.25, -0.2) is 14.8 Å². The first-order valence-corrected chi connectivity index (χ1v) is 9.36. The van der Waals surface area contributed by atoms with Crippen molar-refractivity contribution in [2.24, 2.45) is 0 Å². The minimum Gasteiger partial charge on any atom is -0.444 e. The first-order chi connectivity index (χ1) is 12.5. The molecule has 3 rings (SSSR count). The number of ether oxygens (including phenoxy) is 2. The number of amides is 1. The minimum atomic E-state index is -0.420. The zero-order chi connectivity index (χ0) is 18.5. The number of hydrogen-bond donors (Lipinski definition) is 3. The molecule has 144 valence electrons. The molecule has 3 N–H and O–H groups in total. The molecule has 4 atom stereocenters. The summed E-state index contributed by atoms with van der Waals surface area (Å²) in [5, 5.41) is 15.9. The predicted octanol–water partition coefficient (Wildman–Crippen LogP) is 2.16. The molecule has 1 aromatic heterocycles. The highest BCUT2D eigenvalue weighted by Gasteiger charge is 2.30. The van der Waals surface area contributed by atoms with Crippen LogP contribution in [0.2, 0.25) is 0 Å². The van der Waals surface area contributed by atoms with Crippen LogP contribution in [0.5, 0.6) is 0 Å². The van der Waals surface area contributed by atoms with E-state index in [1.165, 1.54) is 0 Å². The van der Waals surface area contributed by atoms with Gasteiger partial charge in [0.2, 0.25) is 5.95 Å². The van der Waals surface area contributed by atoms with Crippen LogP contribution in [0.1, 0.15) is 57.6 Å². The van der Waals surface area contributed by atoms with E-state index in [0.717, 1.165) is 31.2 Å². The van der Waals surface area contributed by atoms with Crippen LogP contribution in [-0.2, 0) is 9.47 Å². The number of hydrogen-bond acceptors (Lipinski definition) is 7. The summed E-state index contributed by atoms with van der Waals surface area (Å²) in [5.41, 5.74) is 0.857. The molecule has 0 aromatic carbocycles. The van der Waals surface area contributed by atoms with E-state index in [1.807, 2.05) is 13.8 Å². The second-order valence-corrected chi connectivity index (χ2v) is 7.33. The standard InChI is InChI=1S/C18H28N4O4/c1-11(2)21-18(24)26-13-7-16(25-10-13)12-8-19-17(20-9-12)22-14-5-3-4-6-15(14)23/h8-9,11,13-16,23H,3-7,10H2,1-2H3,(H,21,24)(H,19,20,22)/t13?,14?,15-,16?/m1/s1. The molecule has 1 aliphatic heterocycles. The van der Waals surface area contributed by atoms with Gasteiger partial charge in [0.05, 0.1) is 24.9 Å². The summed E-state index contributed by atoms with van der Waals surface area (Å²) in [5.74, 6) is 0.516. The third kappa shape index (κ3) is 5.04. The van der Waals surface area contributed by atoms with Gasteiger partial charge in [-0.3, -0.25) is 0 Å². The van der Waals surface area contributed by atoms with Crippen molar-refractivity contribution in [1.82, 2.24) is 15.3 Å². The van der Waals surface area contributed by atoms with Crippen molar-refractivity contribution in [3.63, 3.8) is 0 Å². The molecule has 8 nitrogen and oxygen atoms in total. The molecule has 2 heterocycles. The number of aliphatic hydroxyl groups is 1. The van der Waals surface area contributed by atoms with Gasteiger partial charge in [-0.2, -0.15) is 0 Å². The third-order valence-corrected chi connectivity index (χ3v) is 4.73. The zero-order valence-electron chi connectivity index (χ0n) is 15.4. The highest BCUT2D eigenvalue weighted by molar-refractivity contribution is 5.67. The Balaban J connectivity index is 1.50. The molecule has 1 aliphatic carbocycles. The normalized spacial score (nSPS) is 28.8. The molecule has 0 bridgehead atoms. The highest BCUT2D eigenvalue weighted by atomic mass is 16.6. The van der Waals surface area contributed by atoms with Crippen molar-refractivity contribution in [2.75, 3.05) is 11.9 Å². The highest BCUT2D eigenvalue weighted by Crippen LogP contribution is 2.30. The van der Waals surface area contributed by atoms with E-state index in [0.29, 0.717) is 19.0 Å². The average molecular weight is 364 g/mol. The number of rotatable bonds is 5. The summed E-state index contributed by atoms with van der Waals surface area (Å²) in [6.07, 6.45) is 6.74. The molecule has 2 fully saturated rings. The van der Waals surface area contributed by atoms with E-state index in [9.17, 15) is 9.90 Å². The number of aromatic nitrogens is 2. The summed E-state index contributed by atoms with van der Waals surface area (Å²) < 4.78 is 11.1. The van der Waals surface area contributed by atoms with Gasteiger partial charge in [-0.05, 0) is 26.7 Å². The first-order valence-electron chi connectivity index (χ1n) is 9.36. The monoisotopic (exact) mass is 364 g/mol.